The molecule has 3 nitrogen and oxygen atoms in total. The summed E-state index contributed by atoms with van der Waals surface area (Å²) in [5.74, 6) is -0.0538. The Morgan fingerprint density at radius 2 is 2.11 bits per heavy atom. The largest absolute Gasteiger partial charge is 0.368 e. The molecule has 1 saturated carbocycles. The zero-order valence-corrected chi connectivity index (χ0v) is 11.1. The molecule has 1 amide bonds. The number of hydrogen-bond donors (Lipinski definition) is 2. The van der Waals surface area contributed by atoms with Crippen LogP contribution in [-0.4, -0.2) is 23.2 Å². The predicted molar refractivity (Wildman–Crippen MR) is 70.9 cm³/mol. The summed E-state index contributed by atoms with van der Waals surface area (Å²) >= 11 is 1.50. The summed E-state index contributed by atoms with van der Waals surface area (Å²) < 4.78 is 12.8. The lowest BCUT2D eigenvalue weighted by Gasteiger charge is -2.27. The fraction of sp³-hybridized carbons (Fsp3) is 0.462. The molecule has 0 heterocycles. The van der Waals surface area contributed by atoms with Crippen molar-refractivity contribution in [2.45, 2.75) is 36.2 Å². The molecular weight excluding hydrogens is 251 g/mol. The first kappa shape index (κ1) is 13.4. The molecule has 1 unspecified atom stereocenters. The van der Waals surface area contributed by atoms with Crippen LogP contribution >= 0.6 is 11.8 Å². The smallest absolute Gasteiger partial charge is 0.238 e. The van der Waals surface area contributed by atoms with Crippen LogP contribution in [0.1, 0.15) is 19.8 Å². The van der Waals surface area contributed by atoms with Crippen LogP contribution in [0.2, 0.25) is 0 Å². The van der Waals surface area contributed by atoms with Crippen LogP contribution in [0.4, 0.5) is 4.39 Å². The van der Waals surface area contributed by atoms with Gasteiger partial charge in [-0.05, 0) is 44.0 Å². The molecule has 3 N–H and O–H groups in total. The van der Waals surface area contributed by atoms with E-state index in [1.165, 1.54) is 23.9 Å². The summed E-state index contributed by atoms with van der Waals surface area (Å²) in [5.41, 5.74) is 4.75. The maximum absolute atomic E-state index is 12.8. The van der Waals surface area contributed by atoms with Gasteiger partial charge in [-0.15, -0.1) is 11.8 Å². The van der Waals surface area contributed by atoms with Crippen molar-refractivity contribution < 1.29 is 9.18 Å². The third-order valence-corrected chi connectivity index (χ3v) is 4.31. The van der Waals surface area contributed by atoms with E-state index in [9.17, 15) is 9.18 Å². The minimum absolute atomic E-state index is 0.256. The monoisotopic (exact) mass is 268 g/mol. The van der Waals surface area contributed by atoms with E-state index in [1.807, 2.05) is 6.92 Å². The second kappa shape index (κ2) is 5.28. The van der Waals surface area contributed by atoms with Gasteiger partial charge < -0.3 is 11.1 Å². The molecule has 5 heteroatoms. The lowest BCUT2D eigenvalue weighted by Crippen LogP contribution is -2.55. The third-order valence-electron chi connectivity index (χ3n) is 2.99. The first-order valence-corrected chi connectivity index (χ1v) is 6.94. The van der Waals surface area contributed by atoms with Crippen molar-refractivity contribution in [3.8, 4) is 0 Å². The van der Waals surface area contributed by atoms with E-state index in [-0.39, 0.29) is 11.7 Å². The summed E-state index contributed by atoms with van der Waals surface area (Å²) in [6.45, 7) is 1.82. The highest BCUT2D eigenvalue weighted by Gasteiger charge is 2.36. The molecule has 0 radical (unpaired) electrons. The number of hydrogen-bond acceptors (Lipinski definition) is 3. The molecule has 1 aromatic carbocycles. The molecule has 0 spiro atoms. The summed E-state index contributed by atoms with van der Waals surface area (Å²) in [6, 6.07) is 6.66. The Morgan fingerprint density at radius 1 is 1.50 bits per heavy atom. The normalized spacial score (nSPS) is 18.3. The maximum Gasteiger partial charge on any atom is 0.238 e. The molecule has 18 heavy (non-hydrogen) atoms. The molecule has 0 saturated heterocycles. The summed E-state index contributed by atoms with van der Waals surface area (Å²) in [7, 11) is 0. The highest BCUT2D eigenvalue weighted by molar-refractivity contribution is 7.99. The third kappa shape index (κ3) is 3.46. The van der Waals surface area contributed by atoms with Crippen LogP contribution < -0.4 is 11.1 Å². The van der Waals surface area contributed by atoms with E-state index in [2.05, 4.69) is 5.32 Å². The summed E-state index contributed by atoms with van der Waals surface area (Å²) in [5, 5.41) is 3.28. The lowest BCUT2D eigenvalue weighted by atomic mass is 10.1. The molecule has 0 bridgehead atoms. The van der Waals surface area contributed by atoms with Crippen molar-refractivity contribution >= 4 is 17.7 Å². The van der Waals surface area contributed by atoms with Crippen LogP contribution in [0.25, 0.3) is 0 Å². The van der Waals surface area contributed by atoms with E-state index in [1.54, 1.807) is 12.1 Å². The molecule has 1 aromatic rings. The van der Waals surface area contributed by atoms with Gasteiger partial charge in [0.05, 0.1) is 0 Å². The van der Waals surface area contributed by atoms with Crippen molar-refractivity contribution in [1.29, 1.82) is 0 Å². The van der Waals surface area contributed by atoms with Gasteiger partial charge in [-0.1, -0.05) is 0 Å². The molecule has 1 fully saturated rings. The quantitative estimate of drug-likeness (QED) is 0.775. The number of primary amides is 1. The number of thioether (sulfide) groups is 1. The minimum Gasteiger partial charge on any atom is -0.368 e. The second-order valence-corrected chi connectivity index (χ2v) is 5.91. The van der Waals surface area contributed by atoms with E-state index in [0.717, 1.165) is 17.7 Å². The molecule has 98 valence electrons. The SMILES string of the molecule is CC(CSc1ccc(F)cc1)(NC1CC1)C(N)=O. The van der Waals surface area contributed by atoms with Gasteiger partial charge in [0.1, 0.15) is 11.4 Å². The average Bonchev–Trinajstić information content (AvgIpc) is 3.12. The average molecular weight is 268 g/mol. The fourth-order valence-electron chi connectivity index (χ4n) is 1.62. The van der Waals surface area contributed by atoms with E-state index in [4.69, 9.17) is 5.73 Å². The van der Waals surface area contributed by atoms with Gasteiger partial charge in [0.15, 0.2) is 0 Å². The fourth-order valence-corrected chi connectivity index (χ4v) is 2.63. The van der Waals surface area contributed by atoms with Gasteiger partial charge in [-0.25, -0.2) is 4.39 Å². The Morgan fingerprint density at radius 3 is 2.61 bits per heavy atom. The molecule has 1 atom stereocenters. The van der Waals surface area contributed by atoms with Crippen LogP contribution in [-0.2, 0) is 4.79 Å². The first-order valence-electron chi connectivity index (χ1n) is 5.95. The summed E-state index contributed by atoms with van der Waals surface area (Å²) in [6.07, 6.45) is 2.20. The Labute approximate surface area is 110 Å². The zero-order valence-electron chi connectivity index (χ0n) is 10.3. The number of nitrogens with two attached hydrogens (primary N) is 1. The molecule has 2 rings (SSSR count). The number of carbonyl (C=O) groups excluding carboxylic acids is 1. The van der Waals surface area contributed by atoms with Crippen molar-refractivity contribution in [2.75, 3.05) is 5.75 Å². The Balaban J connectivity index is 1.96. The summed E-state index contributed by atoms with van der Waals surface area (Å²) in [4.78, 5) is 12.5. The minimum atomic E-state index is -0.708. The highest BCUT2D eigenvalue weighted by Crippen LogP contribution is 2.27. The second-order valence-electron chi connectivity index (χ2n) is 4.86. The first-order chi connectivity index (χ1) is 8.49. The molecule has 0 aromatic heterocycles. The van der Waals surface area contributed by atoms with Crippen molar-refractivity contribution in [3.63, 3.8) is 0 Å². The Hall–Kier alpha value is -1.07. The van der Waals surface area contributed by atoms with Gasteiger partial charge in [-0.2, -0.15) is 0 Å². The van der Waals surface area contributed by atoms with Crippen molar-refractivity contribution in [2.24, 2.45) is 5.73 Å². The van der Waals surface area contributed by atoms with Crippen molar-refractivity contribution in [1.82, 2.24) is 5.32 Å². The van der Waals surface area contributed by atoms with Crippen molar-refractivity contribution in [3.05, 3.63) is 30.1 Å². The highest BCUT2D eigenvalue weighted by atomic mass is 32.2. The maximum atomic E-state index is 12.8. The van der Waals surface area contributed by atoms with Gasteiger partial charge in [0, 0.05) is 16.7 Å². The standard InChI is InChI=1S/C13H17FN2OS/c1-13(12(15)17,16-10-4-5-10)8-18-11-6-2-9(14)3-7-11/h2-3,6-7,10,16H,4-5,8H2,1H3,(H2,15,17). The number of nitrogens with one attached hydrogen (secondary N) is 1. The Kier molecular flexibility index (Phi) is 3.92. The number of halogens is 1. The molecular formula is C13H17FN2OS. The van der Waals surface area contributed by atoms with Crippen LogP contribution in [0, 0.1) is 5.82 Å². The van der Waals surface area contributed by atoms with Gasteiger partial charge >= 0.3 is 0 Å². The predicted octanol–water partition coefficient (Wildman–Crippen LogP) is 1.91. The number of benzene rings is 1. The lowest BCUT2D eigenvalue weighted by molar-refractivity contribution is -0.123. The Bertz CT molecular complexity index is 433. The van der Waals surface area contributed by atoms with Crippen LogP contribution in [0.5, 0.6) is 0 Å². The van der Waals surface area contributed by atoms with Gasteiger partial charge in [-0.3, -0.25) is 4.79 Å². The van der Waals surface area contributed by atoms with Crippen LogP contribution in [0.3, 0.4) is 0 Å². The van der Waals surface area contributed by atoms with E-state index < -0.39 is 5.54 Å². The van der Waals surface area contributed by atoms with E-state index >= 15 is 0 Å². The van der Waals surface area contributed by atoms with E-state index in [0.29, 0.717) is 11.8 Å². The number of carbonyl (C=O) groups is 1. The zero-order chi connectivity index (χ0) is 13.2. The molecule has 1 aliphatic carbocycles. The van der Waals surface area contributed by atoms with Gasteiger partial charge in [0.2, 0.25) is 5.91 Å². The number of amides is 1. The molecule has 0 aliphatic heterocycles. The van der Waals surface area contributed by atoms with Crippen LogP contribution in [0.15, 0.2) is 29.2 Å². The topological polar surface area (TPSA) is 55.1 Å². The number of rotatable bonds is 6. The van der Waals surface area contributed by atoms with Gasteiger partial charge in [0.25, 0.3) is 0 Å². The molecule has 1 aliphatic rings.